The first-order valence-corrected chi connectivity index (χ1v) is 11.0. The monoisotopic (exact) mass is 449 g/mol. The van der Waals surface area contributed by atoms with Gasteiger partial charge in [-0.2, -0.15) is 0 Å². The molecule has 10 heteroatoms. The van der Waals surface area contributed by atoms with Gasteiger partial charge in [-0.3, -0.25) is 24.6 Å². The van der Waals surface area contributed by atoms with E-state index in [0.29, 0.717) is 38.5 Å². The molecule has 1 unspecified atom stereocenters. The zero-order valence-electron chi connectivity index (χ0n) is 19.2. The number of benzene rings is 1. The Hall–Kier alpha value is -2.56. The summed E-state index contributed by atoms with van der Waals surface area (Å²) in [5, 5.41) is 13.8. The number of nitrogens with two attached hydrogens (primary N) is 1. The van der Waals surface area contributed by atoms with Gasteiger partial charge in [0.05, 0.1) is 4.92 Å². The molecule has 178 valence electrons. The second kappa shape index (κ2) is 12.5. The van der Waals surface area contributed by atoms with Gasteiger partial charge in [0.15, 0.2) is 0 Å². The quantitative estimate of drug-likeness (QED) is 0.382. The van der Waals surface area contributed by atoms with Crippen molar-refractivity contribution in [3.8, 4) is 0 Å². The number of nitrogens with zero attached hydrogens (tertiary/aromatic N) is 3. The number of carbonyl (C=O) groups excluding carboxylic acids is 2. The molecule has 1 aromatic rings. The smallest absolute Gasteiger partial charge is 0.269 e. The average Bonchev–Trinajstić information content (AvgIpc) is 2.76. The summed E-state index contributed by atoms with van der Waals surface area (Å²) in [6.07, 6.45) is 1.24. The van der Waals surface area contributed by atoms with E-state index in [0.717, 1.165) is 18.5 Å². The van der Waals surface area contributed by atoms with Crippen LogP contribution in [0.1, 0.15) is 32.3 Å². The molecule has 1 aromatic carbocycles. The van der Waals surface area contributed by atoms with Crippen LogP contribution in [-0.4, -0.2) is 78.5 Å². The number of piperidine rings is 1. The molecule has 32 heavy (non-hydrogen) atoms. The fourth-order valence-corrected chi connectivity index (χ4v) is 4.11. The molecule has 0 saturated carbocycles. The van der Waals surface area contributed by atoms with Crippen molar-refractivity contribution in [1.82, 2.24) is 15.1 Å². The molecule has 0 spiro atoms. The number of nitro benzene ring substituents is 1. The molecule has 10 nitrogen and oxygen atoms in total. The number of rotatable bonds is 11. The molecular weight excluding hydrogens is 414 g/mol. The molecule has 1 fully saturated rings. The fourth-order valence-electron chi connectivity index (χ4n) is 4.11. The molecule has 0 radical (unpaired) electrons. The lowest BCUT2D eigenvalue weighted by Gasteiger charge is -2.43. The third-order valence-electron chi connectivity index (χ3n) is 5.56. The first-order chi connectivity index (χ1) is 15.3. The highest BCUT2D eigenvalue weighted by atomic mass is 16.6. The Bertz CT molecular complexity index is 770. The Labute approximate surface area is 189 Å². The summed E-state index contributed by atoms with van der Waals surface area (Å²) >= 11 is 0. The zero-order chi connectivity index (χ0) is 23.7. The maximum Gasteiger partial charge on any atom is 0.269 e. The molecule has 3 N–H and O–H groups in total. The minimum Gasteiger partial charge on any atom is -0.375 e. The number of likely N-dealkylation sites (tertiary alicyclic amines) is 1. The van der Waals surface area contributed by atoms with Crippen LogP contribution in [0.3, 0.4) is 0 Å². The molecule has 0 aromatic heterocycles. The van der Waals surface area contributed by atoms with Crippen LogP contribution in [0.25, 0.3) is 0 Å². The summed E-state index contributed by atoms with van der Waals surface area (Å²) in [5.74, 6) is -0.0141. The van der Waals surface area contributed by atoms with Gasteiger partial charge in [-0.25, -0.2) is 0 Å². The Morgan fingerprint density at radius 2 is 2.03 bits per heavy atom. The van der Waals surface area contributed by atoms with Crippen LogP contribution in [0.5, 0.6) is 0 Å². The van der Waals surface area contributed by atoms with Crippen molar-refractivity contribution in [2.45, 2.75) is 45.3 Å². The second-order valence-corrected chi connectivity index (χ2v) is 8.54. The van der Waals surface area contributed by atoms with Gasteiger partial charge < -0.3 is 20.7 Å². The Morgan fingerprint density at radius 1 is 1.34 bits per heavy atom. The van der Waals surface area contributed by atoms with Crippen LogP contribution < -0.4 is 11.1 Å². The molecule has 2 amide bonds. The topological polar surface area (TPSA) is 131 Å². The summed E-state index contributed by atoms with van der Waals surface area (Å²) < 4.78 is 5.00. The number of methoxy groups -OCH3 is 1. The molecule has 1 aliphatic rings. The third-order valence-corrected chi connectivity index (χ3v) is 5.56. The van der Waals surface area contributed by atoms with Crippen LogP contribution in [0, 0.1) is 16.0 Å². The van der Waals surface area contributed by atoms with Crippen molar-refractivity contribution in [3.63, 3.8) is 0 Å². The lowest BCUT2D eigenvalue weighted by atomic mass is 9.93. The predicted octanol–water partition coefficient (Wildman–Crippen LogP) is 1.13. The normalized spacial score (nSPS) is 18.8. The van der Waals surface area contributed by atoms with Crippen molar-refractivity contribution in [1.29, 1.82) is 0 Å². The lowest BCUT2D eigenvalue weighted by Crippen LogP contribution is -2.58. The summed E-state index contributed by atoms with van der Waals surface area (Å²) in [5.41, 5.74) is 6.56. The van der Waals surface area contributed by atoms with E-state index in [1.807, 2.05) is 0 Å². The van der Waals surface area contributed by atoms with Gasteiger partial charge in [0.25, 0.3) is 5.69 Å². The third kappa shape index (κ3) is 7.25. The van der Waals surface area contributed by atoms with Gasteiger partial charge in [0.2, 0.25) is 11.8 Å². The molecule has 2 rings (SSSR count). The minimum absolute atomic E-state index is 0.0609. The van der Waals surface area contributed by atoms with Crippen molar-refractivity contribution in [2.24, 2.45) is 11.7 Å². The molecule has 1 saturated heterocycles. The Balaban J connectivity index is 2.20. The SMILES string of the molecule is COCC(=O)N1CCC(N(Cc2ccc([N+](=O)[O-])cc2)CC(C)C)C[C@@H]1C(=O)NCCN. The van der Waals surface area contributed by atoms with Gasteiger partial charge in [0, 0.05) is 58.0 Å². The van der Waals surface area contributed by atoms with Crippen LogP contribution >= 0.6 is 0 Å². The van der Waals surface area contributed by atoms with Crippen LogP contribution in [0.4, 0.5) is 5.69 Å². The van der Waals surface area contributed by atoms with E-state index in [9.17, 15) is 19.7 Å². The van der Waals surface area contributed by atoms with Crippen molar-refractivity contribution < 1.29 is 19.2 Å². The average molecular weight is 450 g/mol. The summed E-state index contributed by atoms with van der Waals surface area (Å²) in [6, 6.07) is 6.07. The van der Waals surface area contributed by atoms with E-state index in [1.165, 1.54) is 19.2 Å². The maximum absolute atomic E-state index is 12.8. The van der Waals surface area contributed by atoms with E-state index in [1.54, 1.807) is 17.0 Å². The number of hydrogen-bond donors (Lipinski definition) is 2. The number of non-ortho nitro benzene ring substituents is 1. The summed E-state index contributed by atoms with van der Waals surface area (Å²) in [4.78, 5) is 39.8. The predicted molar refractivity (Wildman–Crippen MR) is 121 cm³/mol. The highest BCUT2D eigenvalue weighted by molar-refractivity contribution is 5.88. The largest absolute Gasteiger partial charge is 0.375 e. The van der Waals surface area contributed by atoms with E-state index in [-0.39, 0.29) is 30.2 Å². The second-order valence-electron chi connectivity index (χ2n) is 8.54. The zero-order valence-corrected chi connectivity index (χ0v) is 19.2. The summed E-state index contributed by atoms with van der Waals surface area (Å²) in [7, 11) is 1.46. The number of ether oxygens (including phenoxy) is 1. The summed E-state index contributed by atoms with van der Waals surface area (Å²) in [6.45, 7) is 6.76. The molecule has 1 aliphatic heterocycles. The highest BCUT2D eigenvalue weighted by Crippen LogP contribution is 2.25. The molecule has 0 aliphatic carbocycles. The number of carbonyl (C=O) groups is 2. The lowest BCUT2D eigenvalue weighted by molar-refractivity contribution is -0.384. The standard InChI is InChI=1S/C22H35N5O5/c1-16(2)13-25(14-17-4-6-18(7-5-17)27(30)31)19-8-11-26(21(28)15-32-3)20(12-19)22(29)24-10-9-23/h4-7,16,19-20H,8-15,23H2,1-3H3,(H,24,29)/t19?,20-/m1/s1. The number of nitrogens with one attached hydrogen (secondary N) is 1. The molecule has 1 heterocycles. The van der Waals surface area contributed by atoms with E-state index >= 15 is 0 Å². The Morgan fingerprint density at radius 3 is 2.59 bits per heavy atom. The van der Waals surface area contributed by atoms with Crippen LogP contribution in [-0.2, 0) is 20.9 Å². The fraction of sp³-hybridized carbons (Fsp3) is 0.636. The van der Waals surface area contributed by atoms with Crippen LogP contribution in [0.2, 0.25) is 0 Å². The van der Waals surface area contributed by atoms with Crippen LogP contribution in [0.15, 0.2) is 24.3 Å². The van der Waals surface area contributed by atoms with Crippen molar-refractivity contribution in [2.75, 3.05) is 39.9 Å². The molecular formula is C22H35N5O5. The van der Waals surface area contributed by atoms with Gasteiger partial charge >= 0.3 is 0 Å². The number of nitro groups is 1. The first-order valence-electron chi connectivity index (χ1n) is 11.0. The Kier molecular flexibility index (Phi) is 10.0. The van der Waals surface area contributed by atoms with E-state index in [2.05, 4.69) is 24.1 Å². The molecule has 0 bridgehead atoms. The van der Waals surface area contributed by atoms with Gasteiger partial charge in [0.1, 0.15) is 12.6 Å². The number of hydrogen-bond acceptors (Lipinski definition) is 7. The van der Waals surface area contributed by atoms with E-state index < -0.39 is 11.0 Å². The molecule has 2 atom stereocenters. The van der Waals surface area contributed by atoms with Crippen molar-refractivity contribution in [3.05, 3.63) is 39.9 Å². The van der Waals surface area contributed by atoms with E-state index in [4.69, 9.17) is 10.5 Å². The number of amides is 2. The van der Waals surface area contributed by atoms with Gasteiger partial charge in [-0.05, 0) is 24.3 Å². The first kappa shape index (κ1) is 25.7. The highest BCUT2D eigenvalue weighted by Gasteiger charge is 2.38. The van der Waals surface area contributed by atoms with Gasteiger partial charge in [-0.15, -0.1) is 0 Å². The maximum atomic E-state index is 12.8. The van der Waals surface area contributed by atoms with Gasteiger partial charge in [-0.1, -0.05) is 26.0 Å². The van der Waals surface area contributed by atoms with Crippen molar-refractivity contribution >= 4 is 17.5 Å². The minimum atomic E-state index is -0.588.